The third-order valence-corrected chi connectivity index (χ3v) is 5.19. The van der Waals surface area contributed by atoms with Crippen molar-refractivity contribution in [1.82, 2.24) is 15.6 Å². The number of carbonyl (C=O) groups is 3. The van der Waals surface area contributed by atoms with Crippen LogP contribution in [0.4, 0.5) is 0 Å². The summed E-state index contributed by atoms with van der Waals surface area (Å²) in [4.78, 5) is 38.3. The van der Waals surface area contributed by atoms with E-state index in [4.69, 9.17) is 14.9 Å². The Kier molecular flexibility index (Phi) is 6.98. The molecule has 13 nitrogen and oxygen atoms in total. The number of sulfone groups is 1. The Morgan fingerprint density at radius 3 is 2.28 bits per heavy atom. The molecule has 1 aromatic carbocycles. The van der Waals surface area contributed by atoms with Gasteiger partial charge in [0, 0.05) is 0 Å². The molecule has 158 valence electrons. The van der Waals surface area contributed by atoms with Crippen LogP contribution in [0.1, 0.15) is 6.42 Å². The zero-order valence-corrected chi connectivity index (χ0v) is 15.5. The third kappa shape index (κ3) is 5.56. The smallest absolute Gasteiger partial charge is 0.323 e. The van der Waals surface area contributed by atoms with Crippen molar-refractivity contribution in [3.05, 3.63) is 46.5 Å². The normalized spacial score (nSPS) is 13.8. The fourth-order valence-electron chi connectivity index (χ4n) is 2.23. The molecule has 0 saturated heterocycles. The van der Waals surface area contributed by atoms with Crippen LogP contribution in [-0.4, -0.2) is 66.3 Å². The SMILES string of the molecule is O=C(O)CN(CC(=O)O)C(=O)CCOC1=C(S(=O)(=O)c2ccccc2)N([O-])ON1. The molecule has 1 aromatic rings. The van der Waals surface area contributed by atoms with Crippen LogP contribution in [0.3, 0.4) is 0 Å². The molecule has 29 heavy (non-hydrogen) atoms. The van der Waals surface area contributed by atoms with Gasteiger partial charge < -0.3 is 25.1 Å². The van der Waals surface area contributed by atoms with E-state index in [0.29, 0.717) is 4.90 Å². The first-order chi connectivity index (χ1) is 13.6. The largest absolute Gasteiger partial charge is 0.731 e. The number of carbonyl (C=O) groups excluding carboxylic acids is 1. The molecular formula is C15H16N3O10S-. The average Bonchev–Trinajstić information content (AvgIpc) is 3.02. The lowest BCUT2D eigenvalue weighted by Crippen LogP contribution is -2.39. The molecule has 0 spiro atoms. The van der Waals surface area contributed by atoms with Crippen molar-refractivity contribution in [3.8, 4) is 0 Å². The molecule has 1 amide bonds. The summed E-state index contributed by atoms with van der Waals surface area (Å²) < 4.78 is 30.3. The minimum atomic E-state index is -4.31. The average molecular weight is 430 g/mol. The highest BCUT2D eigenvalue weighted by Gasteiger charge is 2.33. The second-order valence-corrected chi connectivity index (χ2v) is 7.40. The molecule has 0 atom stereocenters. The van der Waals surface area contributed by atoms with Crippen LogP contribution in [-0.2, 0) is 33.9 Å². The number of nitrogens with zero attached hydrogens (tertiary/aromatic N) is 2. The summed E-state index contributed by atoms with van der Waals surface area (Å²) in [7, 11) is -4.31. The summed E-state index contributed by atoms with van der Waals surface area (Å²) >= 11 is 0. The first-order valence-corrected chi connectivity index (χ1v) is 9.40. The fourth-order valence-corrected chi connectivity index (χ4v) is 3.55. The van der Waals surface area contributed by atoms with Crippen molar-refractivity contribution < 1.29 is 42.7 Å². The van der Waals surface area contributed by atoms with Crippen LogP contribution in [0.25, 0.3) is 0 Å². The lowest BCUT2D eigenvalue weighted by atomic mass is 10.3. The predicted molar refractivity (Wildman–Crippen MR) is 92.5 cm³/mol. The van der Waals surface area contributed by atoms with Crippen molar-refractivity contribution in [2.75, 3.05) is 19.7 Å². The lowest BCUT2D eigenvalue weighted by Gasteiger charge is -2.22. The number of aliphatic carboxylic acids is 2. The van der Waals surface area contributed by atoms with Crippen LogP contribution in [0, 0.1) is 5.21 Å². The van der Waals surface area contributed by atoms with E-state index in [9.17, 15) is 28.0 Å². The Balaban J connectivity index is 2.10. The van der Waals surface area contributed by atoms with Crippen LogP contribution in [0.15, 0.2) is 46.1 Å². The zero-order valence-electron chi connectivity index (χ0n) is 14.7. The number of hydrogen-bond acceptors (Lipinski definition) is 10. The Morgan fingerprint density at radius 2 is 1.72 bits per heavy atom. The summed E-state index contributed by atoms with van der Waals surface area (Å²) in [6.07, 6.45) is -0.483. The number of benzene rings is 1. The summed E-state index contributed by atoms with van der Waals surface area (Å²) in [6.45, 7) is -2.16. The Labute approximate surface area is 164 Å². The Hall–Kier alpha value is -3.36. The number of nitrogens with one attached hydrogen (secondary N) is 1. The van der Waals surface area contributed by atoms with Crippen LogP contribution >= 0.6 is 0 Å². The summed E-state index contributed by atoms with van der Waals surface area (Å²) in [5.41, 5.74) is 1.98. The quantitative estimate of drug-likeness (QED) is 0.422. The zero-order chi connectivity index (χ0) is 21.6. The molecule has 1 heterocycles. The molecule has 1 aliphatic rings. The monoisotopic (exact) mass is 430 g/mol. The molecule has 2 rings (SSSR count). The fraction of sp³-hybridized carbons (Fsp3) is 0.267. The van der Waals surface area contributed by atoms with Gasteiger partial charge in [-0.05, 0) is 12.1 Å². The topological polar surface area (TPSA) is 186 Å². The number of carboxylic acids is 2. The van der Waals surface area contributed by atoms with Gasteiger partial charge in [0.15, 0.2) is 0 Å². The second kappa shape index (κ2) is 9.22. The summed E-state index contributed by atoms with van der Waals surface area (Å²) in [6, 6.07) is 6.99. The minimum absolute atomic E-state index is 0.200. The number of rotatable bonds is 10. The van der Waals surface area contributed by atoms with Gasteiger partial charge in [0.2, 0.25) is 20.8 Å². The number of hydroxylamine groups is 3. The molecule has 0 aliphatic carbocycles. The van der Waals surface area contributed by atoms with E-state index in [1.165, 1.54) is 24.3 Å². The third-order valence-electron chi connectivity index (χ3n) is 3.46. The highest BCUT2D eigenvalue weighted by molar-refractivity contribution is 7.95. The molecule has 0 bridgehead atoms. The first kappa shape index (κ1) is 21.9. The van der Waals surface area contributed by atoms with Gasteiger partial charge in [-0.25, -0.2) is 13.9 Å². The van der Waals surface area contributed by atoms with E-state index >= 15 is 0 Å². The van der Waals surface area contributed by atoms with Crippen molar-refractivity contribution in [1.29, 1.82) is 0 Å². The molecule has 0 radical (unpaired) electrons. The molecule has 14 heteroatoms. The van der Waals surface area contributed by atoms with Crippen molar-refractivity contribution in [2.45, 2.75) is 11.3 Å². The van der Waals surface area contributed by atoms with Gasteiger partial charge >= 0.3 is 11.9 Å². The highest BCUT2D eigenvalue weighted by atomic mass is 32.2. The molecule has 3 N–H and O–H groups in total. The lowest BCUT2D eigenvalue weighted by molar-refractivity contribution is -0.149. The van der Waals surface area contributed by atoms with E-state index in [1.807, 2.05) is 5.48 Å². The number of hydrogen-bond donors (Lipinski definition) is 3. The summed E-state index contributed by atoms with van der Waals surface area (Å²) in [5.74, 6) is -4.25. The number of ether oxygens (including phenoxy) is 1. The maximum absolute atomic E-state index is 12.6. The second-order valence-electron chi connectivity index (χ2n) is 5.54. The van der Waals surface area contributed by atoms with Gasteiger partial charge in [0.05, 0.1) is 17.9 Å². The van der Waals surface area contributed by atoms with E-state index in [1.54, 1.807) is 6.07 Å². The van der Waals surface area contributed by atoms with Gasteiger partial charge in [-0.3, -0.25) is 19.6 Å². The standard InChI is InChI=1S/C15H16N3O10S/c19-11(17(8-12(20)21)9-13(22)23)6-7-27-14-15(18(24)28-16-14)29(25,26)10-4-2-1-3-5-10/h1-5,16H,6-9H2,(H,20,21)(H,22,23)/q-1. The van der Waals surface area contributed by atoms with Crippen molar-refractivity contribution in [3.63, 3.8) is 0 Å². The molecule has 0 fully saturated rings. The van der Waals surface area contributed by atoms with Gasteiger partial charge in [-0.1, -0.05) is 18.2 Å². The van der Waals surface area contributed by atoms with Crippen LogP contribution in [0.5, 0.6) is 0 Å². The van der Waals surface area contributed by atoms with Gasteiger partial charge in [-0.2, -0.15) is 4.94 Å². The first-order valence-electron chi connectivity index (χ1n) is 7.91. The Bertz CT molecular complexity index is 900. The Morgan fingerprint density at radius 1 is 1.14 bits per heavy atom. The minimum Gasteiger partial charge on any atom is -0.731 e. The van der Waals surface area contributed by atoms with E-state index in [-0.39, 0.29) is 10.1 Å². The van der Waals surface area contributed by atoms with E-state index in [0.717, 1.165) is 0 Å². The maximum atomic E-state index is 12.6. The van der Waals surface area contributed by atoms with E-state index in [2.05, 4.69) is 4.94 Å². The maximum Gasteiger partial charge on any atom is 0.323 e. The van der Waals surface area contributed by atoms with Gasteiger partial charge in [0.25, 0.3) is 5.88 Å². The molecule has 0 unspecified atom stereocenters. The molecule has 0 saturated carbocycles. The van der Waals surface area contributed by atoms with Crippen molar-refractivity contribution >= 4 is 27.7 Å². The van der Waals surface area contributed by atoms with Gasteiger partial charge in [-0.15, -0.1) is 0 Å². The summed E-state index contributed by atoms with van der Waals surface area (Å²) in [5, 5.41) is 28.1. The molecule has 0 aromatic heterocycles. The predicted octanol–water partition coefficient (Wildman–Crippen LogP) is -0.759. The number of amides is 1. The highest BCUT2D eigenvalue weighted by Crippen LogP contribution is 2.27. The van der Waals surface area contributed by atoms with Crippen LogP contribution in [0.2, 0.25) is 0 Å². The van der Waals surface area contributed by atoms with Crippen molar-refractivity contribution in [2.24, 2.45) is 0 Å². The molecule has 1 aliphatic heterocycles. The molecular weight excluding hydrogens is 414 g/mol. The van der Waals surface area contributed by atoms with Crippen LogP contribution < -0.4 is 5.48 Å². The van der Waals surface area contributed by atoms with Gasteiger partial charge in [0.1, 0.15) is 13.1 Å². The number of carboxylic acid groups (broad SMARTS) is 2. The van der Waals surface area contributed by atoms with E-state index < -0.39 is 64.7 Å².